The highest BCUT2D eigenvalue weighted by atomic mass is 32.2. The topological polar surface area (TPSA) is 56.3 Å². The minimum absolute atomic E-state index is 0.340. The number of hydrogen-bond donors (Lipinski definition) is 0. The quantitative estimate of drug-likeness (QED) is 0.625. The lowest BCUT2D eigenvalue weighted by atomic mass is 10.2. The molecule has 1 aromatic carbocycles. The summed E-state index contributed by atoms with van der Waals surface area (Å²) in [6.07, 6.45) is 0. The second-order valence-corrected chi connectivity index (χ2v) is 4.86. The van der Waals surface area contributed by atoms with E-state index in [9.17, 15) is 21.6 Å². The summed E-state index contributed by atoms with van der Waals surface area (Å²) in [7, 11) is -5.68. The summed E-state index contributed by atoms with van der Waals surface area (Å²) in [4.78, 5) is 3.67. The number of pyridine rings is 1. The first-order valence-corrected chi connectivity index (χ1v) is 6.07. The molecule has 1 aromatic heterocycles. The van der Waals surface area contributed by atoms with E-state index in [0.29, 0.717) is 10.9 Å². The van der Waals surface area contributed by atoms with Gasteiger partial charge in [-0.25, -0.2) is 4.98 Å². The molecule has 8 heteroatoms. The molecule has 96 valence electrons. The van der Waals surface area contributed by atoms with Crippen molar-refractivity contribution in [3.05, 3.63) is 36.4 Å². The van der Waals surface area contributed by atoms with E-state index >= 15 is 0 Å². The maximum absolute atomic E-state index is 12.1. The van der Waals surface area contributed by atoms with Crippen LogP contribution in [0, 0.1) is 0 Å². The molecular formula is C10H6F3NO3S. The number of benzene rings is 1. The number of aromatic nitrogens is 1. The minimum atomic E-state index is -5.68. The first kappa shape index (κ1) is 12.6. The van der Waals surface area contributed by atoms with Crippen molar-refractivity contribution in [1.82, 2.24) is 4.98 Å². The Morgan fingerprint density at radius 2 is 1.72 bits per heavy atom. The lowest BCUT2D eigenvalue weighted by molar-refractivity contribution is -0.0501. The van der Waals surface area contributed by atoms with Gasteiger partial charge >= 0.3 is 15.6 Å². The maximum Gasteiger partial charge on any atom is 0.534 e. The number of halogens is 3. The van der Waals surface area contributed by atoms with E-state index in [1.807, 2.05) is 0 Å². The molecule has 2 aromatic rings. The van der Waals surface area contributed by atoms with Gasteiger partial charge in [-0.3, -0.25) is 0 Å². The number of para-hydroxylation sites is 1. The van der Waals surface area contributed by atoms with Crippen molar-refractivity contribution in [3.8, 4) is 5.88 Å². The fraction of sp³-hybridized carbons (Fsp3) is 0.100. The predicted octanol–water partition coefficient (Wildman–Crippen LogP) is 2.46. The van der Waals surface area contributed by atoms with E-state index < -0.39 is 21.5 Å². The summed E-state index contributed by atoms with van der Waals surface area (Å²) < 4.78 is 61.7. The third-order valence-electron chi connectivity index (χ3n) is 2.05. The molecule has 4 nitrogen and oxygen atoms in total. The molecule has 0 unspecified atom stereocenters. The fourth-order valence-electron chi connectivity index (χ4n) is 1.25. The maximum atomic E-state index is 12.1. The van der Waals surface area contributed by atoms with Gasteiger partial charge in [0.1, 0.15) is 0 Å². The molecule has 0 amide bonds. The van der Waals surface area contributed by atoms with Crippen molar-refractivity contribution in [1.29, 1.82) is 0 Å². The largest absolute Gasteiger partial charge is 0.534 e. The van der Waals surface area contributed by atoms with E-state index in [1.54, 1.807) is 18.2 Å². The molecule has 18 heavy (non-hydrogen) atoms. The number of rotatable bonds is 2. The average Bonchev–Trinajstić information content (AvgIpc) is 2.27. The van der Waals surface area contributed by atoms with Crippen molar-refractivity contribution in [2.75, 3.05) is 0 Å². The van der Waals surface area contributed by atoms with Gasteiger partial charge in [-0.2, -0.15) is 21.6 Å². The highest BCUT2D eigenvalue weighted by Crippen LogP contribution is 2.26. The Morgan fingerprint density at radius 3 is 2.39 bits per heavy atom. The summed E-state index contributed by atoms with van der Waals surface area (Å²) >= 11 is 0. The molecule has 0 aliphatic heterocycles. The molecule has 0 saturated carbocycles. The third kappa shape index (κ3) is 2.37. The van der Waals surface area contributed by atoms with E-state index in [1.165, 1.54) is 12.1 Å². The Bertz CT molecular complexity index is 682. The van der Waals surface area contributed by atoms with E-state index in [0.717, 1.165) is 6.07 Å². The number of alkyl halides is 3. The normalized spacial score (nSPS) is 12.6. The second-order valence-electron chi connectivity index (χ2n) is 3.33. The molecule has 0 saturated heterocycles. The summed E-state index contributed by atoms with van der Waals surface area (Å²) in [5.74, 6) is -0.619. The van der Waals surface area contributed by atoms with Gasteiger partial charge < -0.3 is 4.18 Å². The van der Waals surface area contributed by atoms with E-state index in [-0.39, 0.29) is 0 Å². The zero-order valence-corrected chi connectivity index (χ0v) is 9.49. The molecule has 1 heterocycles. The van der Waals surface area contributed by atoms with Crippen molar-refractivity contribution in [2.45, 2.75) is 5.51 Å². The van der Waals surface area contributed by atoms with Gasteiger partial charge in [0.2, 0.25) is 5.88 Å². The molecule has 0 aliphatic rings. The SMILES string of the molecule is O=S(=O)(Oc1ccc2ccccc2n1)C(F)(F)F. The molecule has 0 radical (unpaired) electrons. The van der Waals surface area contributed by atoms with Crippen LogP contribution in [0.1, 0.15) is 0 Å². The average molecular weight is 277 g/mol. The summed E-state index contributed by atoms with van der Waals surface area (Å²) in [6.45, 7) is 0. The van der Waals surface area contributed by atoms with E-state index in [4.69, 9.17) is 0 Å². The van der Waals surface area contributed by atoms with Crippen LogP contribution in [-0.4, -0.2) is 18.9 Å². The van der Waals surface area contributed by atoms with Crippen molar-refractivity contribution >= 4 is 21.0 Å². The molecule has 2 rings (SSSR count). The fourth-order valence-corrected chi connectivity index (χ4v) is 1.67. The molecule has 0 aliphatic carbocycles. The molecule has 0 fully saturated rings. The van der Waals surface area contributed by atoms with Crippen molar-refractivity contribution < 1.29 is 25.8 Å². The summed E-state index contributed by atoms with van der Waals surface area (Å²) in [6, 6.07) is 9.04. The molecule has 0 N–H and O–H groups in total. The Hall–Kier alpha value is -1.83. The molecule has 0 atom stereocenters. The van der Waals surface area contributed by atoms with E-state index in [2.05, 4.69) is 9.17 Å². The molecular weight excluding hydrogens is 271 g/mol. The van der Waals surface area contributed by atoms with Gasteiger partial charge in [-0.15, -0.1) is 0 Å². The van der Waals surface area contributed by atoms with Crippen LogP contribution in [0.15, 0.2) is 36.4 Å². The highest BCUT2D eigenvalue weighted by molar-refractivity contribution is 7.87. The minimum Gasteiger partial charge on any atom is -0.355 e. The van der Waals surface area contributed by atoms with Crippen LogP contribution in [0.5, 0.6) is 5.88 Å². The van der Waals surface area contributed by atoms with Crippen LogP contribution in [0.3, 0.4) is 0 Å². The smallest absolute Gasteiger partial charge is 0.355 e. The number of hydrogen-bond acceptors (Lipinski definition) is 4. The Labute approximate surface area is 100 Å². The number of fused-ring (bicyclic) bond motifs is 1. The zero-order valence-electron chi connectivity index (χ0n) is 8.68. The van der Waals surface area contributed by atoms with Gasteiger partial charge in [0.15, 0.2) is 0 Å². The highest BCUT2D eigenvalue weighted by Gasteiger charge is 2.48. The van der Waals surface area contributed by atoms with Gasteiger partial charge in [0.25, 0.3) is 0 Å². The Kier molecular flexibility index (Phi) is 2.89. The van der Waals surface area contributed by atoms with Crippen LogP contribution in [0.2, 0.25) is 0 Å². The van der Waals surface area contributed by atoms with Gasteiger partial charge in [0.05, 0.1) is 5.52 Å². The lowest BCUT2D eigenvalue weighted by Crippen LogP contribution is -2.28. The van der Waals surface area contributed by atoms with Gasteiger partial charge in [-0.1, -0.05) is 18.2 Å². The standard InChI is InChI=1S/C10H6F3NO3S/c11-10(12,13)18(15,16)17-9-6-5-7-3-1-2-4-8(7)14-9/h1-6H. The summed E-state index contributed by atoms with van der Waals surface area (Å²) in [5, 5.41) is 0.661. The number of nitrogens with zero attached hydrogens (tertiary/aromatic N) is 1. The predicted molar refractivity (Wildman–Crippen MR) is 57.3 cm³/mol. The third-order valence-corrected chi connectivity index (χ3v) is 3.01. The van der Waals surface area contributed by atoms with Crippen molar-refractivity contribution in [3.63, 3.8) is 0 Å². The first-order valence-electron chi connectivity index (χ1n) is 4.66. The van der Waals surface area contributed by atoms with Crippen LogP contribution in [0.4, 0.5) is 13.2 Å². The molecule has 0 spiro atoms. The first-order chi connectivity index (χ1) is 8.29. The Balaban J connectivity index is 2.39. The molecule has 0 bridgehead atoms. The zero-order chi connectivity index (χ0) is 13.4. The monoisotopic (exact) mass is 277 g/mol. The Morgan fingerprint density at radius 1 is 1.06 bits per heavy atom. The van der Waals surface area contributed by atoms with Crippen LogP contribution < -0.4 is 4.18 Å². The summed E-state index contributed by atoms with van der Waals surface area (Å²) in [5.41, 5.74) is -5.13. The van der Waals surface area contributed by atoms with Crippen LogP contribution in [-0.2, 0) is 10.1 Å². The van der Waals surface area contributed by atoms with Crippen molar-refractivity contribution in [2.24, 2.45) is 0 Å². The second kappa shape index (κ2) is 4.13. The lowest BCUT2D eigenvalue weighted by Gasteiger charge is -2.08. The van der Waals surface area contributed by atoms with Crippen LogP contribution in [0.25, 0.3) is 10.9 Å². The van der Waals surface area contributed by atoms with Gasteiger partial charge in [-0.05, 0) is 12.1 Å². The van der Waals surface area contributed by atoms with Gasteiger partial charge in [0, 0.05) is 11.5 Å². The van der Waals surface area contributed by atoms with Crippen LogP contribution >= 0.6 is 0 Å².